The van der Waals surface area contributed by atoms with Gasteiger partial charge >= 0.3 is 0 Å². The van der Waals surface area contributed by atoms with Gasteiger partial charge in [0.05, 0.1) is 4.90 Å². The maximum absolute atomic E-state index is 12.8. The topological polar surface area (TPSA) is 59.4 Å². The van der Waals surface area contributed by atoms with Gasteiger partial charge in [0.25, 0.3) is 0 Å². The van der Waals surface area contributed by atoms with Crippen molar-refractivity contribution in [2.75, 3.05) is 13.1 Å². The molecule has 0 saturated carbocycles. The summed E-state index contributed by atoms with van der Waals surface area (Å²) in [6, 6.07) is 10.3. The summed E-state index contributed by atoms with van der Waals surface area (Å²) in [6.07, 6.45) is 7.39. The van der Waals surface area contributed by atoms with E-state index < -0.39 is 15.6 Å². The maximum Gasteiger partial charge on any atom is 0.211 e. The van der Waals surface area contributed by atoms with Gasteiger partial charge in [0, 0.05) is 42.7 Å². The normalized spacial score (nSPS) is 16.7. The highest BCUT2D eigenvalue weighted by Gasteiger charge is 2.27. The summed E-state index contributed by atoms with van der Waals surface area (Å²) in [4.78, 5) is 13.9. The molecule has 0 unspecified atom stereocenters. The monoisotopic (exact) mass is 392 g/mol. The van der Waals surface area contributed by atoms with Crippen LogP contribution < -0.4 is 0 Å². The number of hydrogen-bond acceptors (Lipinski definition) is 4. The summed E-state index contributed by atoms with van der Waals surface area (Å²) < 4.78 is 27.9. The van der Waals surface area contributed by atoms with Crippen LogP contribution in [0.1, 0.15) is 25.8 Å². The van der Waals surface area contributed by atoms with Gasteiger partial charge in [-0.3, -0.25) is 4.79 Å². The highest BCUT2D eigenvalue weighted by molar-refractivity contribution is 7.96. The van der Waals surface area contributed by atoms with Crippen molar-refractivity contribution in [2.24, 2.45) is 0 Å². The first-order valence-electron chi connectivity index (χ1n) is 8.48. The smallest absolute Gasteiger partial charge is 0.211 e. The van der Waals surface area contributed by atoms with Crippen molar-refractivity contribution in [2.45, 2.75) is 30.7 Å². The van der Waals surface area contributed by atoms with Crippen molar-refractivity contribution >= 4 is 27.2 Å². The molecule has 1 fully saturated rings. The van der Waals surface area contributed by atoms with E-state index in [9.17, 15) is 13.2 Å². The maximum atomic E-state index is 12.8. The van der Waals surface area contributed by atoms with Crippen LogP contribution in [0, 0.1) is 0 Å². The first-order chi connectivity index (χ1) is 12.4. The molecule has 1 aliphatic heterocycles. The fourth-order valence-corrected chi connectivity index (χ4v) is 4.70. The summed E-state index contributed by atoms with van der Waals surface area (Å²) in [7, 11) is -3.87. The number of sulfone groups is 1. The van der Waals surface area contributed by atoms with Crippen molar-refractivity contribution in [3.63, 3.8) is 0 Å². The fraction of sp³-hybridized carbons (Fsp3) is 0.316. The number of Topliss-reactive ketones (excluding diaryl/α,β-unsaturated/α-hetero) is 1. The van der Waals surface area contributed by atoms with Gasteiger partial charge < -0.3 is 9.47 Å². The number of rotatable bonds is 5. The molecule has 2 aromatic rings. The Kier molecular flexibility index (Phi) is 5.53. The molecule has 26 heavy (non-hydrogen) atoms. The number of carbonyl (C=O) groups excluding carboxylic acids is 1. The summed E-state index contributed by atoms with van der Waals surface area (Å²) in [5.41, 5.74) is 0. The van der Waals surface area contributed by atoms with E-state index in [2.05, 4.69) is 4.57 Å². The molecule has 1 aromatic heterocycles. The minimum atomic E-state index is -3.87. The number of hydrogen-bond donors (Lipinski definition) is 0. The lowest BCUT2D eigenvalue weighted by Gasteiger charge is -2.32. The number of piperidine rings is 1. The quantitative estimate of drug-likeness (QED) is 0.728. The molecule has 0 spiro atoms. The fourth-order valence-electron chi connectivity index (χ4n) is 3.16. The number of ketones is 1. The number of allylic oxidation sites excluding steroid dienone is 1. The highest BCUT2D eigenvalue weighted by atomic mass is 35.5. The number of aromatic nitrogens is 1. The second-order valence-corrected chi connectivity index (χ2v) is 8.76. The number of likely N-dealkylation sites (tertiary alicyclic amines) is 1. The summed E-state index contributed by atoms with van der Waals surface area (Å²) in [6.45, 7) is 2.69. The molecule has 5 nitrogen and oxygen atoms in total. The first kappa shape index (κ1) is 18.7. The van der Waals surface area contributed by atoms with Crippen molar-refractivity contribution in [1.82, 2.24) is 9.47 Å². The van der Waals surface area contributed by atoms with E-state index in [1.165, 1.54) is 37.4 Å². The Hall–Kier alpha value is -2.05. The third kappa shape index (κ3) is 4.02. The molecule has 1 aliphatic rings. The Morgan fingerprint density at radius 2 is 1.69 bits per heavy atom. The van der Waals surface area contributed by atoms with E-state index in [0.29, 0.717) is 24.2 Å². The molecular formula is C19H21ClN2O3S. The third-order valence-electron chi connectivity index (χ3n) is 4.61. The number of nitrogens with zero attached hydrogens (tertiary/aromatic N) is 2. The van der Waals surface area contributed by atoms with Crippen LogP contribution in [0.25, 0.3) is 0 Å². The molecule has 1 saturated heterocycles. The van der Waals surface area contributed by atoms with Crippen molar-refractivity contribution < 1.29 is 13.2 Å². The number of carbonyl (C=O) groups is 1. The average Bonchev–Trinajstić information content (AvgIpc) is 3.15. The Balaban J connectivity index is 1.80. The van der Waals surface area contributed by atoms with E-state index in [1.54, 1.807) is 0 Å². The standard InChI is InChI=1S/C19H21ClN2O3S/c1-15(23)19(26(24,25)18-6-4-16(20)5-7-18)14-21-12-8-17(9-13-21)22-10-2-3-11-22/h2-7,10-11,14,17H,8-9,12-13H2,1H3/b19-14+. The van der Waals surface area contributed by atoms with E-state index >= 15 is 0 Å². The first-order valence-corrected chi connectivity index (χ1v) is 10.3. The van der Waals surface area contributed by atoms with Crippen LogP contribution in [-0.4, -0.2) is 36.8 Å². The Morgan fingerprint density at radius 3 is 2.23 bits per heavy atom. The van der Waals surface area contributed by atoms with Crippen LogP contribution in [0.3, 0.4) is 0 Å². The third-order valence-corrected chi connectivity index (χ3v) is 6.73. The van der Waals surface area contributed by atoms with Gasteiger partial charge in [0.1, 0.15) is 4.91 Å². The lowest BCUT2D eigenvalue weighted by atomic mass is 10.1. The SMILES string of the molecule is CC(=O)/C(=C\N1CCC(n2cccc2)CC1)S(=O)(=O)c1ccc(Cl)cc1. The Bertz CT molecular complexity index is 895. The summed E-state index contributed by atoms with van der Waals surface area (Å²) in [5.74, 6) is -0.465. The van der Waals surface area contributed by atoms with Crippen LogP contribution in [0.2, 0.25) is 5.02 Å². The highest BCUT2D eigenvalue weighted by Crippen LogP contribution is 2.26. The lowest BCUT2D eigenvalue weighted by molar-refractivity contribution is -0.113. The molecule has 0 atom stereocenters. The lowest BCUT2D eigenvalue weighted by Crippen LogP contribution is -2.32. The van der Waals surface area contributed by atoms with Gasteiger partial charge in [0.2, 0.25) is 9.84 Å². The summed E-state index contributed by atoms with van der Waals surface area (Å²) >= 11 is 5.83. The second-order valence-electron chi connectivity index (χ2n) is 6.40. The van der Waals surface area contributed by atoms with Crippen LogP contribution in [-0.2, 0) is 14.6 Å². The van der Waals surface area contributed by atoms with Crippen molar-refractivity contribution in [3.8, 4) is 0 Å². The van der Waals surface area contributed by atoms with E-state index in [-0.39, 0.29) is 9.80 Å². The average molecular weight is 393 g/mol. The number of benzene rings is 1. The molecule has 3 rings (SSSR count). The molecule has 0 bridgehead atoms. The molecule has 1 aromatic carbocycles. The zero-order chi connectivity index (χ0) is 18.7. The summed E-state index contributed by atoms with van der Waals surface area (Å²) in [5, 5.41) is 0.449. The molecule has 0 N–H and O–H groups in total. The van der Waals surface area contributed by atoms with Crippen molar-refractivity contribution in [3.05, 3.63) is 64.9 Å². The number of halogens is 1. The predicted molar refractivity (Wildman–Crippen MR) is 102 cm³/mol. The van der Waals surface area contributed by atoms with Gasteiger partial charge in [-0.2, -0.15) is 0 Å². The largest absolute Gasteiger partial charge is 0.376 e. The molecule has 138 valence electrons. The molecule has 2 heterocycles. The van der Waals surface area contributed by atoms with Gasteiger partial charge in [0.15, 0.2) is 5.78 Å². The van der Waals surface area contributed by atoms with Crippen LogP contribution in [0.15, 0.2) is 64.8 Å². The molecule has 0 amide bonds. The zero-order valence-corrected chi connectivity index (χ0v) is 16.1. The molecule has 7 heteroatoms. The predicted octanol–water partition coefficient (Wildman–Crippen LogP) is 3.68. The Morgan fingerprint density at radius 1 is 1.12 bits per heavy atom. The van der Waals surface area contributed by atoms with Crippen LogP contribution in [0.4, 0.5) is 0 Å². The van der Waals surface area contributed by atoms with Crippen molar-refractivity contribution in [1.29, 1.82) is 0 Å². The van der Waals surface area contributed by atoms with Gasteiger partial charge in [-0.1, -0.05) is 11.6 Å². The van der Waals surface area contributed by atoms with Crippen LogP contribution >= 0.6 is 11.6 Å². The zero-order valence-electron chi connectivity index (χ0n) is 14.5. The van der Waals surface area contributed by atoms with E-state index in [4.69, 9.17) is 11.6 Å². The van der Waals surface area contributed by atoms with Gasteiger partial charge in [-0.25, -0.2) is 8.42 Å². The molecule has 0 aliphatic carbocycles. The van der Waals surface area contributed by atoms with E-state index in [0.717, 1.165) is 12.8 Å². The van der Waals surface area contributed by atoms with E-state index in [1.807, 2.05) is 29.4 Å². The molecular weight excluding hydrogens is 372 g/mol. The van der Waals surface area contributed by atoms with Crippen LogP contribution in [0.5, 0.6) is 0 Å². The minimum absolute atomic E-state index is 0.0746. The minimum Gasteiger partial charge on any atom is -0.376 e. The second kappa shape index (κ2) is 7.68. The van der Waals surface area contributed by atoms with Gasteiger partial charge in [-0.15, -0.1) is 0 Å². The Labute approximate surface area is 158 Å². The van der Waals surface area contributed by atoms with Gasteiger partial charge in [-0.05, 0) is 56.2 Å². The molecule has 0 radical (unpaired) electrons.